The molecule has 0 aliphatic heterocycles. The highest BCUT2D eigenvalue weighted by Crippen LogP contribution is 2.35. The maximum absolute atomic E-state index is 13.7. The molecule has 1 unspecified atom stereocenters. The first-order chi connectivity index (χ1) is 11.4. The fourth-order valence-electron chi connectivity index (χ4n) is 2.36. The summed E-state index contributed by atoms with van der Waals surface area (Å²) in [6.07, 6.45) is -4.41. The van der Waals surface area contributed by atoms with Gasteiger partial charge in [0.05, 0.1) is 16.5 Å². The van der Waals surface area contributed by atoms with E-state index in [0.29, 0.717) is 9.79 Å². The number of hydrogen-bond acceptors (Lipinski definition) is 0. The maximum Gasteiger partial charge on any atom is 0.416 e. The molecule has 0 amide bonds. The van der Waals surface area contributed by atoms with Crippen LogP contribution in [0, 0.1) is 5.82 Å². The normalized spacial score (nSPS) is 12.8. The van der Waals surface area contributed by atoms with Crippen LogP contribution in [0.5, 0.6) is 0 Å². The van der Waals surface area contributed by atoms with E-state index in [4.69, 9.17) is 0 Å². The molecular formula is C19H13F4S+. The minimum atomic E-state index is -4.41. The highest BCUT2D eigenvalue weighted by molar-refractivity contribution is 7.97. The minimum absolute atomic E-state index is 0.409. The van der Waals surface area contributed by atoms with Crippen LogP contribution in [-0.4, -0.2) is 0 Å². The van der Waals surface area contributed by atoms with Gasteiger partial charge in [-0.15, -0.1) is 0 Å². The van der Waals surface area contributed by atoms with Crippen molar-refractivity contribution in [1.29, 1.82) is 0 Å². The van der Waals surface area contributed by atoms with Crippen LogP contribution in [0.25, 0.3) is 0 Å². The van der Waals surface area contributed by atoms with Gasteiger partial charge in [-0.3, -0.25) is 0 Å². The molecule has 1 atom stereocenters. The number of halogens is 4. The summed E-state index contributed by atoms with van der Waals surface area (Å²) in [6, 6.07) is 20.4. The predicted octanol–water partition coefficient (Wildman–Crippen LogP) is 5.94. The zero-order valence-electron chi connectivity index (χ0n) is 12.4. The second kappa shape index (κ2) is 6.69. The molecule has 122 valence electrons. The van der Waals surface area contributed by atoms with Gasteiger partial charge >= 0.3 is 6.18 Å². The minimum Gasteiger partial charge on any atom is -0.207 e. The lowest BCUT2D eigenvalue weighted by Crippen LogP contribution is -2.09. The smallest absolute Gasteiger partial charge is 0.207 e. The van der Waals surface area contributed by atoms with Crippen molar-refractivity contribution >= 4 is 10.9 Å². The average Bonchev–Trinajstić information content (AvgIpc) is 2.56. The number of alkyl halides is 3. The van der Waals surface area contributed by atoms with Crippen LogP contribution in [0.15, 0.2) is 93.5 Å². The summed E-state index contributed by atoms with van der Waals surface area (Å²) in [5.74, 6) is -0.409. The Morgan fingerprint density at radius 2 is 1.21 bits per heavy atom. The van der Waals surface area contributed by atoms with E-state index in [-0.39, 0.29) is 0 Å². The van der Waals surface area contributed by atoms with E-state index in [1.807, 2.05) is 30.3 Å². The summed E-state index contributed by atoms with van der Waals surface area (Å²) in [7, 11) is -0.810. The molecule has 0 aromatic heterocycles. The Morgan fingerprint density at radius 3 is 1.83 bits per heavy atom. The Kier molecular flexibility index (Phi) is 4.62. The molecule has 0 saturated heterocycles. The summed E-state index contributed by atoms with van der Waals surface area (Å²) >= 11 is 0. The Bertz CT molecular complexity index is 828. The molecule has 0 N–H and O–H groups in total. The van der Waals surface area contributed by atoms with Gasteiger partial charge in [0.25, 0.3) is 0 Å². The van der Waals surface area contributed by atoms with Crippen LogP contribution in [0.1, 0.15) is 5.56 Å². The molecule has 3 rings (SSSR count). The standard InChI is InChI=1S/C19H13F4S/c20-15-7-5-11-18(13-15)24(16-8-2-1-3-9-16)17-10-4-6-14(12-17)19(21,22)23/h1-13H/q+1. The fourth-order valence-corrected chi connectivity index (χ4v) is 4.51. The van der Waals surface area contributed by atoms with E-state index in [0.717, 1.165) is 17.0 Å². The lowest BCUT2D eigenvalue weighted by Gasteiger charge is -2.11. The van der Waals surface area contributed by atoms with Gasteiger partial charge in [0, 0.05) is 12.1 Å². The Labute approximate surface area is 140 Å². The summed E-state index contributed by atoms with van der Waals surface area (Å²) in [5, 5.41) is 0. The van der Waals surface area contributed by atoms with E-state index in [2.05, 4.69) is 0 Å². The number of hydrogen-bond donors (Lipinski definition) is 0. The van der Waals surface area contributed by atoms with Crippen molar-refractivity contribution in [3.63, 3.8) is 0 Å². The van der Waals surface area contributed by atoms with Crippen molar-refractivity contribution in [2.45, 2.75) is 20.9 Å². The molecule has 3 aromatic carbocycles. The van der Waals surface area contributed by atoms with Gasteiger partial charge in [-0.25, -0.2) is 4.39 Å². The molecule has 0 radical (unpaired) electrons. The van der Waals surface area contributed by atoms with Crippen molar-refractivity contribution in [2.24, 2.45) is 0 Å². The third-order valence-corrected chi connectivity index (χ3v) is 5.60. The first-order valence-electron chi connectivity index (χ1n) is 7.17. The Hall–Kier alpha value is -2.27. The van der Waals surface area contributed by atoms with E-state index >= 15 is 0 Å². The van der Waals surface area contributed by atoms with Crippen molar-refractivity contribution in [2.75, 3.05) is 0 Å². The highest BCUT2D eigenvalue weighted by Gasteiger charge is 2.35. The lowest BCUT2D eigenvalue weighted by atomic mass is 10.2. The lowest BCUT2D eigenvalue weighted by molar-refractivity contribution is -0.137. The van der Waals surface area contributed by atoms with E-state index < -0.39 is 28.5 Å². The summed E-state index contributed by atoms with van der Waals surface area (Å²) < 4.78 is 52.8. The second-order valence-electron chi connectivity index (χ2n) is 5.10. The van der Waals surface area contributed by atoms with Gasteiger partial charge in [0.15, 0.2) is 14.7 Å². The molecule has 24 heavy (non-hydrogen) atoms. The molecule has 3 aromatic rings. The van der Waals surface area contributed by atoms with E-state index in [1.54, 1.807) is 18.2 Å². The monoisotopic (exact) mass is 349 g/mol. The highest BCUT2D eigenvalue weighted by atomic mass is 32.2. The number of benzene rings is 3. The summed E-state index contributed by atoms with van der Waals surface area (Å²) in [4.78, 5) is 1.98. The van der Waals surface area contributed by atoms with Crippen LogP contribution in [0.4, 0.5) is 17.6 Å². The van der Waals surface area contributed by atoms with E-state index in [1.165, 1.54) is 18.2 Å². The van der Waals surface area contributed by atoms with Crippen LogP contribution in [0.3, 0.4) is 0 Å². The quantitative estimate of drug-likeness (QED) is 0.405. The van der Waals surface area contributed by atoms with Crippen LogP contribution in [-0.2, 0) is 17.1 Å². The molecule has 0 bridgehead atoms. The predicted molar refractivity (Wildman–Crippen MR) is 86.4 cm³/mol. The summed E-state index contributed by atoms with van der Waals surface area (Å²) in [5.41, 5.74) is -0.704. The Balaban J connectivity index is 2.16. The molecule has 0 aliphatic rings. The van der Waals surface area contributed by atoms with Crippen molar-refractivity contribution in [1.82, 2.24) is 0 Å². The SMILES string of the molecule is Fc1cccc([S+](c2ccccc2)c2cccc(C(F)(F)F)c2)c1. The topological polar surface area (TPSA) is 0 Å². The van der Waals surface area contributed by atoms with Crippen molar-refractivity contribution in [3.05, 3.63) is 90.2 Å². The largest absolute Gasteiger partial charge is 0.416 e. The van der Waals surface area contributed by atoms with Crippen LogP contribution < -0.4 is 0 Å². The Morgan fingerprint density at radius 1 is 0.625 bits per heavy atom. The van der Waals surface area contributed by atoms with Gasteiger partial charge in [0.1, 0.15) is 5.82 Å². The van der Waals surface area contributed by atoms with Gasteiger partial charge < -0.3 is 0 Å². The first-order valence-corrected chi connectivity index (χ1v) is 8.40. The molecular weight excluding hydrogens is 336 g/mol. The maximum atomic E-state index is 13.7. The third kappa shape index (κ3) is 3.62. The average molecular weight is 349 g/mol. The van der Waals surface area contributed by atoms with Gasteiger partial charge in [-0.1, -0.05) is 30.3 Å². The van der Waals surface area contributed by atoms with Gasteiger partial charge in [0.2, 0.25) is 0 Å². The van der Waals surface area contributed by atoms with Crippen LogP contribution >= 0.6 is 0 Å². The zero-order valence-corrected chi connectivity index (χ0v) is 13.2. The second-order valence-corrected chi connectivity index (χ2v) is 7.13. The third-order valence-electron chi connectivity index (χ3n) is 3.41. The molecule has 0 saturated carbocycles. The molecule has 5 heteroatoms. The van der Waals surface area contributed by atoms with Gasteiger partial charge in [-0.2, -0.15) is 13.2 Å². The van der Waals surface area contributed by atoms with Gasteiger partial charge in [-0.05, 0) is 36.4 Å². The molecule has 0 nitrogen and oxygen atoms in total. The molecule has 0 fully saturated rings. The van der Waals surface area contributed by atoms with Crippen molar-refractivity contribution in [3.8, 4) is 0 Å². The fraction of sp³-hybridized carbons (Fsp3) is 0.0526. The van der Waals surface area contributed by atoms with E-state index in [9.17, 15) is 17.6 Å². The molecule has 0 aliphatic carbocycles. The first kappa shape index (κ1) is 16.6. The number of rotatable bonds is 3. The van der Waals surface area contributed by atoms with Crippen molar-refractivity contribution < 1.29 is 17.6 Å². The van der Waals surface area contributed by atoms with Crippen LogP contribution in [0.2, 0.25) is 0 Å². The zero-order chi connectivity index (χ0) is 17.2. The molecule has 0 heterocycles. The molecule has 0 spiro atoms. The summed E-state index contributed by atoms with van der Waals surface area (Å²) in [6.45, 7) is 0.